The molecule has 0 fully saturated rings. The van der Waals surface area contributed by atoms with Crippen LogP contribution in [0.5, 0.6) is 0 Å². The molecule has 1 aromatic carbocycles. The van der Waals surface area contributed by atoms with Crippen LogP contribution in [0.1, 0.15) is 12.0 Å². The molecule has 0 saturated carbocycles. The lowest BCUT2D eigenvalue weighted by Gasteiger charge is -2.05. The summed E-state index contributed by atoms with van der Waals surface area (Å²) in [6.07, 6.45) is 1.81. The molecule has 1 aromatic rings. The lowest BCUT2D eigenvalue weighted by atomic mass is 10.2. The molecule has 1 N–H and O–H groups in total. The minimum Gasteiger partial charge on any atom is -0.385 e. The third kappa shape index (κ3) is 4.80. The molecular formula is C11H14N2O2S. The Morgan fingerprint density at radius 3 is 2.44 bits per heavy atom. The number of sulfone groups is 1. The lowest BCUT2D eigenvalue weighted by molar-refractivity contribution is 0.600. The highest BCUT2D eigenvalue weighted by atomic mass is 32.2. The summed E-state index contributed by atoms with van der Waals surface area (Å²) in [5.41, 5.74) is 1.51. The number of nitriles is 1. The van der Waals surface area contributed by atoms with Crippen molar-refractivity contribution < 1.29 is 8.42 Å². The normalized spacial score (nSPS) is 10.8. The Morgan fingerprint density at radius 2 is 1.94 bits per heavy atom. The van der Waals surface area contributed by atoms with Crippen molar-refractivity contribution in [2.75, 3.05) is 23.9 Å². The fourth-order valence-corrected chi connectivity index (χ4v) is 1.90. The molecule has 86 valence electrons. The molecule has 0 saturated heterocycles. The Morgan fingerprint density at radius 1 is 1.31 bits per heavy atom. The predicted molar refractivity (Wildman–Crippen MR) is 64.0 cm³/mol. The van der Waals surface area contributed by atoms with E-state index in [0.717, 1.165) is 5.69 Å². The third-order valence-electron chi connectivity index (χ3n) is 2.04. The van der Waals surface area contributed by atoms with Crippen molar-refractivity contribution in [3.05, 3.63) is 29.8 Å². The van der Waals surface area contributed by atoms with Crippen molar-refractivity contribution in [1.82, 2.24) is 0 Å². The number of nitrogens with one attached hydrogen (secondary N) is 1. The molecule has 5 heteroatoms. The first-order chi connectivity index (χ1) is 7.51. The largest absolute Gasteiger partial charge is 0.385 e. The fourth-order valence-electron chi connectivity index (χ4n) is 1.23. The van der Waals surface area contributed by atoms with Gasteiger partial charge < -0.3 is 5.32 Å². The van der Waals surface area contributed by atoms with Gasteiger partial charge in [-0.3, -0.25) is 0 Å². The molecule has 0 aromatic heterocycles. The Balaban J connectivity index is 2.36. The van der Waals surface area contributed by atoms with Crippen LogP contribution in [-0.4, -0.2) is 27.0 Å². The van der Waals surface area contributed by atoms with Crippen molar-refractivity contribution in [2.24, 2.45) is 0 Å². The molecule has 0 radical (unpaired) electrons. The Hall–Kier alpha value is -1.54. The molecule has 4 nitrogen and oxygen atoms in total. The number of nitrogens with zero attached hydrogens (tertiary/aromatic N) is 1. The van der Waals surface area contributed by atoms with E-state index < -0.39 is 9.84 Å². The summed E-state index contributed by atoms with van der Waals surface area (Å²) >= 11 is 0. The molecule has 1 rings (SSSR count). The second-order valence-electron chi connectivity index (χ2n) is 3.60. The molecule has 0 bridgehead atoms. The SMILES string of the molecule is CS(=O)(=O)CCCNc1ccc(C#N)cc1. The first-order valence-electron chi connectivity index (χ1n) is 4.93. The van der Waals surface area contributed by atoms with Gasteiger partial charge in [0.15, 0.2) is 0 Å². The van der Waals surface area contributed by atoms with E-state index in [0.29, 0.717) is 18.5 Å². The zero-order valence-electron chi connectivity index (χ0n) is 9.10. The van der Waals surface area contributed by atoms with Gasteiger partial charge in [-0.15, -0.1) is 0 Å². The maximum Gasteiger partial charge on any atom is 0.147 e. The maximum atomic E-state index is 10.9. The van der Waals surface area contributed by atoms with Crippen molar-refractivity contribution in [1.29, 1.82) is 5.26 Å². The Bertz CT molecular complexity index is 472. The Labute approximate surface area is 95.8 Å². The van der Waals surface area contributed by atoms with Gasteiger partial charge >= 0.3 is 0 Å². The van der Waals surface area contributed by atoms with Gasteiger partial charge in [0.2, 0.25) is 0 Å². The van der Waals surface area contributed by atoms with E-state index in [1.807, 2.05) is 6.07 Å². The number of benzene rings is 1. The highest BCUT2D eigenvalue weighted by molar-refractivity contribution is 7.90. The monoisotopic (exact) mass is 238 g/mol. The minimum atomic E-state index is -2.87. The van der Waals surface area contributed by atoms with Gasteiger partial charge in [0.1, 0.15) is 9.84 Å². The van der Waals surface area contributed by atoms with E-state index in [1.165, 1.54) is 6.26 Å². The maximum absolute atomic E-state index is 10.9. The third-order valence-corrected chi connectivity index (χ3v) is 3.07. The van der Waals surface area contributed by atoms with Crippen LogP contribution in [0, 0.1) is 11.3 Å². The van der Waals surface area contributed by atoms with E-state index in [4.69, 9.17) is 5.26 Å². The van der Waals surface area contributed by atoms with Crippen LogP contribution in [0.4, 0.5) is 5.69 Å². The van der Waals surface area contributed by atoms with Crippen LogP contribution in [0.2, 0.25) is 0 Å². The van der Waals surface area contributed by atoms with Crippen LogP contribution >= 0.6 is 0 Å². The fraction of sp³-hybridized carbons (Fsp3) is 0.364. The zero-order valence-corrected chi connectivity index (χ0v) is 9.92. The lowest BCUT2D eigenvalue weighted by Crippen LogP contribution is -2.09. The van der Waals surface area contributed by atoms with Gasteiger partial charge in [-0.1, -0.05) is 0 Å². The number of hydrogen-bond donors (Lipinski definition) is 1. The van der Waals surface area contributed by atoms with Crippen LogP contribution in [0.25, 0.3) is 0 Å². The zero-order chi connectivity index (χ0) is 12.0. The quantitative estimate of drug-likeness (QED) is 0.787. The second-order valence-corrected chi connectivity index (χ2v) is 5.86. The van der Waals surface area contributed by atoms with Gasteiger partial charge in [-0.2, -0.15) is 5.26 Å². The van der Waals surface area contributed by atoms with E-state index in [9.17, 15) is 8.42 Å². The Kier molecular flexibility index (Phi) is 4.32. The van der Waals surface area contributed by atoms with E-state index in [1.54, 1.807) is 24.3 Å². The molecule has 0 atom stereocenters. The van der Waals surface area contributed by atoms with E-state index >= 15 is 0 Å². The van der Waals surface area contributed by atoms with E-state index in [2.05, 4.69) is 5.32 Å². The molecule has 0 spiro atoms. The molecule has 0 amide bonds. The summed E-state index contributed by atoms with van der Waals surface area (Å²) in [6.45, 7) is 0.610. The molecule has 0 heterocycles. The summed E-state index contributed by atoms with van der Waals surface area (Å²) in [5, 5.41) is 11.7. The van der Waals surface area contributed by atoms with Crippen LogP contribution in [0.3, 0.4) is 0 Å². The number of anilines is 1. The van der Waals surface area contributed by atoms with E-state index in [-0.39, 0.29) is 5.75 Å². The van der Waals surface area contributed by atoms with Crippen LogP contribution in [-0.2, 0) is 9.84 Å². The number of hydrogen-bond acceptors (Lipinski definition) is 4. The smallest absolute Gasteiger partial charge is 0.147 e. The summed E-state index contributed by atoms with van der Waals surface area (Å²) in [4.78, 5) is 0. The summed E-state index contributed by atoms with van der Waals surface area (Å²) in [6, 6.07) is 9.09. The average Bonchev–Trinajstić information content (AvgIpc) is 2.24. The van der Waals surface area contributed by atoms with Gasteiger partial charge in [-0.25, -0.2) is 8.42 Å². The molecule has 0 aliphatic heterocycles. The van der Waals surface area contributed by atoms with Gasteiger partial charge in [-0.05, 0) is 30.7 Å². The first kappa shape index (κ1) is 12.5. The molecule has 0 aliphatic rings. The molecular weight excluding hydrogens is 224 g/mol. The average molecular weight is 238 g/mol. The minimum absolute atomic E-state index is 0.191. The van der Waals surface area contributed by atoms with Gasteiger partial charge in [0.25, 0.3) is 0 Å². The van der Waals surface area contributed by atoms with Gasteiger partial charge in [0.05, 0.1) is 17.4 Å². The summed E-state index contributed by atoms with van der Waals surface area (Å²) in [7, 11) is -2.87. The second kappa shape index (κ2) is 5.52. The highest BCUT2D eigenvalue weighted by Crippen LogP contribution is 2.08. The van der Waals surface area contributed by atoms with Crippen LogP contribution in [0.15, 0.2) is 24.3 Å². The van der Waals surface area contributed by atoms with Crippen molar-refractivity contribution >= 4 is 15.5 Å². The summed E-state index contributed by atoms with van der Waals surface area (Å²) < 4.78 is 21.7. The van der Waals surface area contributed by atoms with Crippen molar-refractivity contribution in [2.45, 2.75) is 6.42 Å². The molecule has 0 aliphatic carbocycles. The van der Waals surface area contributed by atoms with Crippen molar-refractivity contribution in [3.63, 3.8) is 0 Å². The van der Waals surface area contributed by atoms with Crippen molar-refractivity contribution in [3.8, 4) is 6.07 Å². The highest BCUT2D eigenvalue weighted by Gasteiger charge is 2.00. The topological polar surface area (TPSA) is 70.0 Å². The van der Waals surface area contributed by atoms with Gasteiger partial charge in [0, 0.05) is 18.5 Å². The predicted octanol–water partition coefficient (Wildman–Crippen LogP) is 1.40. The number of rotatable bonds is 5. The summed E-state index contributed by atoms with van der Waals surface area (Å²) in [5.74, 6) is 0.191. The molecule has 16 heavy (non-hydrogen) atoms. The standard InChI is InChI=1S/C11H14N2O2S/c1-16(14,15)8-2-7-13-11-5-3-10(9-12)4-6-11/h3-6,13H,2,7-8H2,1H3. The van der Waals surface area contributed by atoms with Crippen LogP contribution < -0.4 is 5.32 Å². The first-order valence-corrected chi connectivity index (χ1v) is 6.99. The molecule has 0 unspecified atom stereocenters.